The lowest BCUT2D eigenvalue weighted by molar-refractivity contribution is -0.118. The molecule has 1 amide bonds. The summed E-state index contributed by atoms with van der Waals surface area (Å²) < 4.78 is 7.81. The van der Waals surface area contributed by atoms with Crippen LogP contribution in [0.15, 0.2) is 76.2 Å². The zero-order chi connectivity index (χ0) is 21.6. The molecule has 0 aliphatic rings. The first-order chi connectivity index (χ1) is 15.1. The van der Waals surface area contributed by atoms with Gasteiger partial charge in [-0.1, -0.05) is 35.5 Å². The highest BCUT2D eigenvalue weighted by molar-refractivity contribution is 8.01. The predicted octanol–water partition coefficient (Wildman–Crippen LogP) is 6.29. The number of aryl methyl sites for hydroxylation is 1. The standard InChI is InChI=1S/C23H18ClN3O2S2/c1-15-12-18(10-11-19(15)24)29-17-8-6-16(7-9-17)13-25-27-22(28)14-30-23-26-20-4-2-3-5-21(20)31-23/h2-13H,14H2,1H3,(H,27,28)/b25-13+. The van der Waals surface area contributed by atoms with Crippen LogP contribution in [0.1, 0.15) is 11.1 Å². The zero-order valence-electron chi connectivity index (χ0n) is 16.5. The van der Waals surface area contributed by atoms with Gasteiger partial charge in [-0.25, -0.2) is 10.4 Å². The molecule has 0 fully saturated rings. The SMILES string of the molecule is Cc1cc(Oc2ccc(/C=N/NC(=O)CSc3nc4ccccc4s3)cc2)ccc1Cl. The molecule has 0 spiro atoms. The monoisotopic (exact) mass is 467 g/mol. The van der Waals surface area contributed by atoms with Crippen LogP contribution in [0.5, 0.6) is 11.5 Å². The summed E-state index contributed by atoms with van der Waals surface area (Å²) in [5.74, 6) is 1.50. The number of thiazole rings is 1. The first-order valence-electron chi connectivity index (χ1n) is 9.41. The second-order valence-electron chi connectivity index (χ2n) is 6.61. The molecule has 1 aromatic heterocycles. The van der Waals surface area contributed by atoms with Gasteiger partial charge >= 0.3 is 0 Å². The Balaban J connectivity index is 1.26. The number of amides is 1. The van der Waals surface area contributed by atoms with Crippen molar-refractivity contribution in [2.75, 3.05) is 5.75 Å². The Kier molecular flexibility index (Phi) is 6.86. The minimum Gasteiger partial charge on any atom is -0.457 e. The first-order valence-corrected chi connectivity index (χ1v) is 11.6. The van der Waals surface area contributed by atoms with Gasteiger partial charge in [0.25, 0.3) is 5.91 Å². The number of ether oxygens (including phenoxy) is 1. The topological polar surface area (TPSA) is 63.6 Å². The molecule has 0 atom stereocenters. The third kappa shape index (κ3) is 5.85. The number of hydrogen-bond donors (Lipinski definition) is 1. The van der Waals surface area contributed by atoms with Gasteiger partial charge in [0.1, 0.15) is 11.5 Å². The summed E-state index contributed by atoms with van der Waals surface area (Å²) in [5, 5.41) is 4.73. The zero-order valence-corrected chi connectivity index (χ0v) is 18.9. The third-order valence-corrected chi connectivity index (χ3v) is 6.85. The minimum absolute atomic E-state index is 0.182. The number of halogens is 1. The predicted molar refractivity (Wildman–Crippen MR) is 129 cm³/mol. The molecule has 0 saturated carbocycles. The van der Waals surface area contributed by atoms with E-state index in [1.54, 1.807) is 17.6 Å². The molecule has 1 N–H and O–H groups in total. The fraction of sp³-hybridized carbons (Fsp3) is 0.0870. The number of nitrogens with zero attached hydrogens (tertiary/aromatic N) is 2. The molecule has 3 aromatic carbocycles. The smallest absolute Gasteiger partial charge is 0.250 e. The molecule has 4 rings (SSSR count). The number of hydrogen-bond acceptors (Lipinski definition) is 6. The molecule has 4 aromatic rings. The lowest BCUT2D eigenvalue weighted by Crippen LogP contribution is -2.19. The van der Waals surface area contributed by atoms with Crippen LogP contribution in [-0.2, 0) is 4.79 Å². The van der Waals surface area contributed by atoms with E-state index in [4.69, 9.17) is 16.3 Å². The van der Waals surface area contributed by atoms with Crippen molar-refractivity contribution in [1.82, 2.24) is 10.4 Å². The lowest BCUT2D eigenvalue weighted by Gasteiger charge is -2.07. The molecule has 0 aliphatic heterocycles. The van der Waals surface area contributed by atoms with E-state index in [2.05, 4.69) is 15.5 Å². The number of aromatic nitrogens is 1. The fourth-order valence-electron chi connectivity index (χ4n) is 2.69. The number of hydrazone groups is 1. The Labute approximate surface area is 193 Å². The maximum absolute atomic E-state index is 12.0. The fourth-order valence-corrected chi connectivity index (χ4v) is 4.67. The van der Waals surface area contributed by atoms with Crippen molar-refractivity contribution in [3.63, 3.8) is 0 Å². The Bertz CT molecular complexity index is 1210. The van der Waals surface area contributed by atoms with Crippen LogP contribution in [-0.4, -0.2) is 22.9 Å². The van der Waals surface area contributed by atoms with Gasteiger partial charge in [0.15, 0.2) is 4.34 Å². The van der Waals surface area contributed by atoms with Crippen molar-refractivity contribution < 1.29 is 9.53 Å². The van der Waals surface area contributed by atoms with Crippen LogP contribution in [0.2, 0.25) is 5.02 Å². The second kappa shape index (κ2) is 9.96. The minimum atomic E-state index is -0.182. The van der Waals surface area contributed by atoms with E-state index in [9.17, 15) is 4.79 Å². The van der Waals surface area contributed by atoms with E-state index < -0.39 is 0 Å². The highest BCUT2D eigenvalue weighted by Gasteiger charge is 2.07. The van der Waals surface area contributed by atoms with Crippen molar-refractivity contribution in [3.8, 4) is 11.5 Å². The number of benzene rings is 3. The van der Waals surface area contributed by atoms with Gasteiger partial charge in [-0.05, 0) is 72.6 Å². The summed E-state index contributed by atoms with van der Waals surface area (Å²) in [6.07, 6.45) is 1.59. The summed E-state index contributed by atoms with van der Waals surface area (Å²) in [5.41, 5.74) is 5.30. The van der Waals surface area contributed by atoms with Gasteiger partial charge < -0.3 is 4.74 Å². The molecule has 0 bridgehead atoms. The van der Waals surface area contributed by atoms with Crippen molar-refractivity contribution in [1.29, 1.82) is 0 Å². The average molecular weight is 468 g/mol. The molecular formula is C23H18ClN3O2S2. The molecule has 0 saturated heterocycles. The number of nitrogens with one attached hydrogen (secondary N) is 1. The molecule has 8 heteroatoms. The number of carbonyl (C=O) groups excluding carboxylic acids is 1. The highest BCUT2D eigenvalue weighted by Crippen LogP contribution is 2.29. The molecule has 0 unspecified atom stereocenters. The largest absolute Gasteiger partial charge is 0.457 e. The summed E-state index contributed by atoms with van der Waals surface area (Å²) in [4.78, 5) is 16.5. The van der Waals surface area contributed by atoms with Crippen LogP contribution in [0.3, 0.4) is 0 Å². The number of para-hydroxylation sites is 1. The van der Waals surface area contributed by atoms with Crippen molar-refractivity contribution in [3.05, 3.63) is 82.9 Å². The van der Waals surface area contributed by atoms with Gasteiger partial charge in [-0.15, -0.1) is 11.3 Å². The highest BCUT2D eigenvalue weighted by atomic mass is 35.5. The maximum Gasteiger partial charge on any atom is 0.250 e. The van der Waals surface area contributed by atoms with Crippen LogP contribution in [0.25, 0.3) is 10.2 Å². The Morgan fingerprint density at radius 3 is 2.71 bits per heavy atom. The van der Waals surface area contributed by atoms with Crippen LogP contribution in [0, 0.1) is 6.92 Å². The van der Waals surface area contributed by atoms with Gasteiger partial charge in [0, 0.05) is 5.02 Å². The van der Waals surface area contributed by atoms with E-state index in [0.29, 0.717) is 10.8 Å². The third-order valence-electron chi connectivity index (χ3n) is 4.25. The van der Waals surface area contributed by atoms with Crippen molar-refractivity contribution in [2.24, 2.45) is 5.10 Å². The number of carbonyl (C=O) groups is 1. The van der Waals surface area contributed by atoms with Gasteiger partial charge in [-0.3, -0.25) is 4.79 Å². The lowest BCUT2D eigenvalue weighted by atomic mass is 10.2. The van der Waals surface area contributed by atoms with Crippen LogP contribution >= 0.6 is 34.7 Å². The number of fused-ring (bicyclic) bond motifs is 1. The molecular weight excluding hydrogens is 450 g/mol. The van der Waals surface area contributed by atoms with Gasteiger partial charge in [0.05, 0.1) is 22.2 Å². The summed E-state index contributed by atoms with van der Waals surface area (Å²) in [6.45, 7) is 1.93. The molecule has 156 valence electrons. The van der Waals surface area contributed by atoms with E-state index in [0.717, 1.165) is 31.4 Å². The Morgan fingerprint density at radius 1 is 1.16 bits per heavy atom. The van der Waals surface area contributed by atoms with Crippen LogP contribution in [0.4, 0.5) is 0 Å². The summed E-state index contributed by atoms with van der Waals surface area (Å²) >= 11 is 9.02. The molecule has 1 heterocycles. The Hall–Kier alpha value is -2.87. The van der Waals surface area contributed by atoms with E-state index in [-0.39, 0.29) is 11.7 Å². The van der Waals surface area contributed by atoms with E-state index in [1.807, 2.05) is 73.7 Å². The molecule has 0 aliphatic carbocycles. The van der Waals surface area contributed by atoms with E-state index >= 15 is 0 Å². The summed E-state index contributed by atoms with van der Waals surface area (Å²) in [7, 11) is 0. The van der Waals surface area contributed by atoms with Crippen LogP contribution < -0.4 is 10.2 Å². The van der Waals surface area contributed by atoms with Gasteiger partial charge in [0.2, 0.25) is 0 Å². The first kappa shape index (κ1) is 21.4. The average Bonchev–Trinajstić information content (AvgIpc) is 3.19. The molecule has 0 radical (unpaired) electrons. The quantitative estimate of drug-likeness (QED) is 0.197. The van der Waals surface area contributed by atoms with Crippen molar-refractivity contribution >= 4 is 57.0 Å². The second-order valence-corrected chi connectivity index (χ2v) is 9.27. The Morgan fingerprint density at radius 2 is 1.94 bits per heavy atom. The number of rotatable bonds is 7. The van der Waals surface area contributed by atoms with Gasteiger partial charge in [-0.2, -0.15) is 5.10 Å². The van der Waals surface area contributed by atoms with Crippen molar-refractivity contribution in [2.45, 2.75) is 11.3 Å². The normalized spacial score (nSPS) is 11.2. The maximum atomic E-state index is 12.0. The molecule has 5 nitrogen and oxygen atoms in total. The van der Waals surface area contributed by atoms with E-state index in [1.165, 1.54) is 11.8 Å². The molecule has 31 heavy (non-hydrogen) atoms. The number of thioether (sulfide) groups is 1. The summed E-state index contributed by atoms with van der Waals surface area (Å²) in [6, 6.07) is 20.9.